The summed E-state index contributed by atoms with van der Waals surface area (Å²) in [6, 6.07) is 14.0. The highest BCUT2D eigenvalue weighted by Crippen LogP contribution is 2.28. The first-order valence-electron chi connectivity index (χ1n) is 9.58. The van der Waals surface area contributed by atoms with E-state index in [9.17, 15) is 13.2 Å². The molecule has 0 amide bonds. The summed E-state index contributed by atoms with van der Waals surface area (Å²) in [7, 11) is -3.74. The van der Waals surface area contributed by atoms with Crippen LogP contribution >= 0.6 is 0 Å². The molecular formula is C21H21N3O5S. The fourth-order valence-corrected chi connectivity index (χ4v) is 4.95. The minimum Gasteiger partial charge on any atom is -0.481 e. The molecule has 0 radical (unpaired) electrons. The predicted octanol–water partition coefficient (Wildman–Crippen LogP) is 3.20. The lowest BCUT2D eigenvalue weighted by molar-refractivity contribution is -0.142. The van der Waals surface area contributed by atoms with Gasteiger partial charge < -0.3 is 9.52 Å². The molecule has 30 heavy (non-hydrogen) atoms. The third-order valence-electron chi connectivity index (χ3n) is 5.25. The first-order chi connectivity index (χ1) is 14.3. The zero-order chi connectivity index (χ0) is 21.3. The van der Waals surface area contributed by atoms with E-state index < -0.39 is 21.9 Å². The lowest BCUT2D eigenvalue weighted by atomic mass is 9.99. The van der Waals surface area contributed by atoms with E-state index in [1.54, 1.807) is 12.1 Å². The third-order valence-corrected chi connectivity index (χ3v) is 7.14. The van der Waals surface area contributed by atoms with Crippen molar-refractivity contribution in [3.63, 3.8) is 0 Å². The Kier molecular flexibility index (Phi) is 5.40. The van der Waals surface area contributed by atoms with Gasteiger partial charge >= 0.3 is 5.97 Å². The van der Waals surface area contributed by atoms with Crippen molar-refractivity contribution in [2.45, 2.75) is 24.7 Å². The monoisotopic (exact) mass is 427 g/mol. The van der Waals surface area contributed by atoms with Crippen LogP contribution in [-0.4, -0.2) is 47.1 Å². The fraction of sp³-hybridized carbons (Fsp3) is 0.286. The normalized spacial score (nSPS) is 15.9. The number of hydrogen-bond acceptors (Lipinski definition) is 6. The molecule has 2 aromatic carbocycles. The molecule has 0 spiro atoms. The topological polar surface area (TPSA) is 114 Å². The van der Waals surface area contributed by atoms with E-state index in [0.717, 1.165) is 11.1 Å². The summed E-state index contributed by atoms with van der Waals surface area (Å²) in [4.78, 5) is 11.2. The van der Waals surface area contributed by atoms with Crippen LogP contribution in [0.5, 0.6) is 0 Å². The van der Waals surface area contributed by atoms with Gasteiger partial charge in [-0.15, -0.1) is 10.2 Å². The highest BCUT2D eigenvalue weighted by atomic mass is 32.2. The summed E-state index contributed by atoms with van der Waals surface area (Å²) in [5.74, 6) is -0.794. The van der Waals surface area contributed by atoms with Gasteiger partial charge in [0.15, 0.2) is 0 Å². The summed E-state index contributed by atoms with van der Waals surface area (Å²) in [6.07, 6.45) is 0.607. The van der Waals surface area contributed by atoms with Crippen molar-refractivity contribution >= 4 is 16.0 Å². The molecular weight excluding hydrogens is 406 g/mol. The van der Waals surface area contributed by atoms with E-state index in [0.29, 0.717) is 24.3 Å². The van der Waals surface area contributed by atoms with Crippen LogP contribution < -0.4 is 0 Å². The van der Waals surface area contributed by atoms with Gasteiger partial charge in [0.2, 0.25) is 21.8 Å². The molecule has 1 aromatic heterocycles. The molecule has 1 saturated heterocycles. The molecule has 1 aliphatic rings. The molecule has 2 heterocycles. The minimum absolute atomic E-state index is 0.115. The van der Waals surface area contributed by atoms with Crippen molar-refractivity contribution in [1.29, 1.82) is 0 Å². The number of aryl methyl sites for hydroxylation is 1. The van der Waals surface area contributed by atoms with Gasteiger partial charge in [0, 0.05) is 24.2 Å². The Morgan fingerprint density at radius 1 is 1.03 bits per heavy atom. The van der Waals surface area contributed by atoms with E-state index in [1.165, 1.54) is 16.4 Å². The van der Waals surface area contributed by atoms with Crippen LogP contribution in [0.1, 0.15) is 18.4 Å². The first kappa shape index (κ1) is 20.2. The third kappa shape index (κ3) is 3.99. The number of benzene rings is 2. The highest BCUT2D eigenvalue weighted by Gasteiger charge is 2.32. The van der Waals surface area contributed by atoms with E-state index in [-0.39, 0.29) is 23.9 Å². The molecule has 1 fully saturated rings. The van der Waals surface area contributed by atoms with Crippen LogP contribution in [0.3, 0.4) is 0 Å². The Labute approximate surface area is 174 Å². The molecule has 0 atom stereocenters. The fourth-order valence-electron chi connectivity index (χ4n) is 3.43. The number of carboxylic acids is 1. The first-order valence-corrected chi connectivity index (χ1v) is 11.0. The van der Waals surface area contributed by atoms with Crippen molar-refractivity contribution in [2.24, 2.45) is 5.92 Å². The van der Waals surface area contributed by atoms with Gasteiger partial charge in [-0.2, -0.15) is 4.31 Å². The molecule has 0 unspecified atom stereocenters. The number of aromatic nitrogens is 2. The Morgan fingerprint density at radius 3 is 2.30 bits per heavy atom. The zero-order valence-electron chi connectivity index (χ0n) is 16.4. The number of sulfonamides is 1. The van der Waals surface area contributed by atoms with E-state index >= 15 is 0 Å². The maximum atomic E-state index is 13.0. The number of aliphatic carboxylic acids is 1. The lowest BCUT2D eigenvalue weighted by Crippen LogP contribution is -2.40. The number of carbonyl (C=O) groups is 1. The zero-order valence-corrected chi connectivity index (χ0v) is 17.2. The number of carboxylic acid groups (broad SMARTS) is 1. The average molecular weight is 427 g/mol. The second-order valence-electron chi connectivity index (χ2n) is 7.32. The maximum Gasteiger partial charge on any atom is 0.306 e. The molecule has 9 heteroatoms. The van der Waals surface area contributed by atoms with E-state index in [2.05, 4.69) is 10.2 Å². The molecule has 1 aliphatic heterocycles. The molecule has 0 saturated carbocycles. The smallest absolute Gasteiger partial charge is 0.306 e. The van der Waals surface area contributed by atoms with E-state index in [4.69, 9.17) is 9.52 Å². The van der Waals surface area contributed by atoms with Gasteiger partial charge in [-0.05, 0) is 50.1 Å². The SMILES string of the molecule is Cc1ccc(-c2nnc(-c3cccc(S(=O)(=O)N4CCC(C(=O)O)CC4)c3)o2)cc1. The standard InChI is InChI=1S/C21H21N3O5S/c1-14-5-7-15(8-6-14)19-22-23-20(29-19)17-3-2-4-18(13-17)30(27,28)24-11-9-16(10-12-24)21(25)26/h2-8,13,16H,9-12H2,1H3,(H,25,26). The Hall–Kier alpha value is -3.04. The number of nitrogens with zero attached hydrogens (tertiary/aromatic N) is 3. The van der Waals surface area contributed by atoms with Crippen LogP contribution in [0.15, 0.2) is 57.8 Å². The summed E-state index contributed by atoms with van der Waals surface area (Å²) < 4.78 is 33.1. The van der Waals surface area contributed by atoms with Gasteiger partial charge in [0.05, 0.1) is 10.8 Å². The van der Waals surface area contributed by atoms with Gasteiger partial charge in [-0.25, -0.2) is 8.42 Å². The quantitative estimate of drug-likeness (QED) is 0.665. The number of piperidine rings is 1. The molecule has 0 bridgehead atoms. The second kappa shape index (κ2) is 8.00. The van der Waals surface area contributed by atoms with Gasteiger partial charge in [0.1, 0.15) is 0 Å². The van der Waals surface area contributed by atoms with Crippen LogP contribution in [0.2, 0.25) is 0 Å². The molecule has 3 aromatic rings. The molecule has 1 N–H and O–H groups in total. The van der Waals surface area contributed by atoms with Crippen LogP contribution in [-0.2, 0) is 14.8 Å². The van der Waals surface area contributed by atoms with Gasteiger partial charge in [0.25, 0.3) is 0 Å². The second-order valence-corrected chi connectivity index (χ2v) is 9.26. The Morgan fingerprint density at radius 2 is 1.67 bits per heavy atom. The van der Waals surface area contributed by atoms with Crippen molar-refractivity contribution in [2.75, 3.05) is 13.1 Å². The van der Waals surface area contributed by atoms with Crippen LogP contribution in [0.4, 0.5) is 0 Å². The number of hydrogen-bond donors (Lipinski definition) is 1. The summed E-state index contributed by atoms with van der Waals surface area (Å²) in [6.45, 7) is 2.35. The summed E-state index contributed by atoms with van der Waals surface area (Å²) in [5, 5.41) is 17.2. The van der Waals surface area contributed by atoms with Crippen molar-refractivity contribution < 1.29 is 22.7 Å². The Balaban J connectivity index is 1.57. The van der Waals surface area contributed by atoms with Crippen LogP contribution in [0.25, 0.3) is 22.9 Å². The maximum absolute atomic E-state index is 13.0. The largest absolute Gasteiger partial charge is 0.481 e. The van der Waals surface area contributed by atoms with E-state index in [1.807, 2.05) is 31.2 Å². The Bertz CT molecular complexity index is 1160. The van der Waals surface area contributed by atoms with Gasteiger partial charge in [-0.1, -0.05) is 23.8 Å². The minimum atomic E-state index is -3.74. The molecule has 4 rings (SSSR count). The summed E-state index contributed by atoms with van der Waals surface area (Å²) in [5.41, 5.74) is 2.40. The lowest BCUT2D eigenvalue weighted by Gasteiger charge is -2.29. The van der Waals surface area contributed by atoms with Crippen molar-refractivity contribution in [1.82, 2.24) is 14.5 Å². The van der Waals surface area contributed by atoms with Crippen molar-refractivity contribution in [3.8, 4) is 22.9 Å². The molecule has 8 nitrogen and oxygen atoms in total. The van der Waals surface area contributed by atoms with Gasteiger partial charge in [-0.3, -0.25) is 4.79 Å². The highest BCUT2D eigenvalue weighted by molar-refractivity contribution is 7.89. The molecule has 0 aliphatic carbocycles. The summed E-state index contributed by atoms with van der Waals surface area (Å²) >= 11 is 0. The van der Waals surface area contributed by atoms with Crippen LogP contribution in [0, 0.1) is 12.8 Å². The average Bonchev–Trinajstić information content (AvgIpc) is 3.25. The number of rotatable bonds is 5. The van der Waals surface area contributed by atoms with Crippen molar-refractivity contribution in [3.05, 3.63) is 54.1 Å². The molecule has 156 valence electrons. The predicted molar refractivity (Wildman–Crippen MR) is 109 cm³/mol.